The Morgan fingerprint density at radius 3 is 2.50 bits per heavy atom. The van der Waals surface area contributed by atoms with E-state index in [0.717, 1.165) is 4.68 Å². The maximum Gasteiger partial charge on any atom is 0.223 e. The largest absolute Gasteiger partial charge is 0.456 e. The summed E-state index contributed by atoms with van der Waals surface area (Å²) in [4.78, 5) is 3.65. The zero-order chi connectivity index (χ0) is 17.1. The molecule has 2 atom stereocenters. The smallest absolute Gasteiger partial charge is 0.223 e. The Bertz CT molecular complexity index is 813. The van der Waals surface area contributed by atoms with Gasteiger partial charge in [-0.3, -0.25) is 0 Å². The Hall–Kier alpha value is -2.15. The number of benzene rings is 2. The number of hydrogen-bond acceptors (Lipinski definition) is 4. The van der Waals surface area contributed by atoms with E-state index >= 15 is 0 Å². The number of rotatable bonds is 5. The second-order valence-corrected chi connectivity index (χ2v) is 5.78. The third-order valence-electron chi connectivity index (χ3n) is 3.29. The average molecular weight is 368 g/mol. The first-order valence-corrected chi connectivity index (χ1v) is 7.69. The Labute approximate surface area is 147 Å². The quantitative estimate of drug-likeness (QED) is 0.716. The Morgan fingerprint density at radius 2 is 1.88 bits per heavy atom. The topological polar surface area (TPSA) is 60.2 Å². The van der Waals surface area contributed by atoms with E-state index in [1.54, 1.807) is 42.5 Å². The summed E-state index contributed by atoms with van der Waals surface area (Å²) in [6.45, 7) is 0. The minimum Gasteiger partial charge on any atom is -0.456 e. The number of nitrogens with zero attached hydrogens (tertiary/aromatic N) is 3. The fourth-order valence-corrected chi connectivity index (χ4v) is 2.51. The lowest BCUT2D eigenvalue weighted by molar-refractivity contribution is 0.0253. The monoisotopic (exact) mass is 367 g/mol. The highest BCUT2D eigenvalue weighted by Crippen LogP contribution is 2.33. The molecule has 3 aromatic rings. The number of aromatic nitrogens is 3. The van der Waals surface area contributed by atoms with Crippen molar-refractivity contribution in [2.45, 2.75) is 12.4 Å². The van der Waals surface area contributed by atoms with Crippen molar-refractivity contribution < 1.29 is 14.2 Å². The molecule has 5 nitrogen and oxygen atoms in total. The molecule has 1 heterocycles. The first-order valence-electron chi connectivity index (χ1n) is 6.94. The van der Waals surface area contributed by atoms with Crippen LogP contribution in [-0.4, -0.2) is 19.9 Å². The highest BCUT2D eigenvalue weighted by Gasteiger charge is 2.22. The second-order valence-electron chi connectivity index (χ2n) is 4.94. The van der Waals surface area contributed by atoms with Crippen molar-refractivity contribution in [3.8, 4) is 11.5 Å². The summed E-state index contributed by atoms with van der Waals surface area (Å²) in [5.74, 6) is 0.937. The molecule has 0 aliphatic rings. The molecular weight excluding hydrogens is 356 g/mol. The second kappa shape index (κ2) is 7.17. The fraction of sp³-hybridized carbons (Fsp3) is 0.125. The summed E-state index contributed by atoms with van der Waals surface area (Å²) in [6, 6.07) is 11.2. The van der Waals surface area contributed by atoms with Crippen LogP contribution in [-0.2, 0) is 0 Å². The average Bonchev–Trinajstić information content (AvgIpc) is 3.11. The minimum absolute atomic E-state index is 0.376. The van der Waals surface area contributed by atoms with Crippen molar-refractivity contribution in [3.63, 3.8) is 0 Å². The lowest BCUT2D eigenvalue weighted by Crippen LogP contribution is -2.14. The highest BCUT2D eigenvalue weighted by atomic mass is 35.5. The van der Waals surface area contributed by atoms with Crippen LogP contribution in [0.25, 0.3) is 0 Å². The molecule has 24 heavy (non-hydrogen) atoms. The van der Waals surface area contributed by atoms with Crippen LogP contribution in [0.2, 0.25) is 10.0 Å². The molecule has 124 valence electrons. The van der Waals surface area contributed by atoms with Crippen LogP contribution in [0, 0.1) is 0 Å². The lowest BCUT2D eigenvalue weighted by atomic mass is 10.1. The van der Waals surface area contributed by atoms with E-state index in [1.807, 2.05) is 0 Å². The minimum atomic E-state index is -1.73. The molecule has 2 aromatic carbocycles. The highest BCUT2D eigenvalue weighted by molar-refractivity contribution is 6.35. The van der Waals surface area contributed by atoms with Gasteiger partial charge in [-0.05, 0) is 35.9 Å². The lowest BCUT2D eigenvalue weighted by Gasteiger charge is -2.16. The maximum atomic E-state index is 14.1. The molecule has 3 rings (SSSR count). The summed E-state index contributed by atoms with van der Waals surface area (Å²) in [7, 11) is 0. The van der Waals surface area contributed by atoms with Crippen molar-refractivity contribution in [1.82, 2.24) is 14.8 Å². The predicted molar refractivity (Wildman–Crippen MR) is 88.1 cm³/mol. The predicted octanol–water partition coefficient (Wildman–Crippen LogP) is 4.58. The van der Waals surface area contributed by atoms with Gasteiger partial charge in [0.05, 0.1) is 5.02 Å². The zero-order valence-corrected chi connectivity index (χ0v) is 13.7. The van der Waals surface area contributed by atoms with Crippen LogP contribution in [0.4, 0.5) is 4.39 Å². The van der Waals surface area contributed by atoms with Crippen molar-refractivity contribution in [2.24, 2.45) is 0 Å². The number of halogens is 3. The molecule has 0 saturated carbocycles. The maximum absolute atomic E-state index is 14.1. The summed E-state index contributed by atoms with van der Waals surface area (Å²) < 4.78 is 20.7. The van der Waals surface area contributed by atoms with Crippen LogP contribution < -0.4 is 4.74 Å². The zero-order valence-electron chi connectivity index (χ0n) is 12.2. The summed E-state index contributed by atoms with van der Waals surface area (Å²) in [5, 5.41) is 14.6. The van der Waals surface area contributed by atoms with Gasteiger partial charge in [0.2, 0.25) is 6.30 Å². The van der Waals surface area contributed by atoms with Gasteiger partial charge in [-0.15, -0.1) is 0 Å². The van der Waals surface area contributed by atoms with E-state index in [0.29, 0.717) is 27.1 Å². The number of ether oxygens (including phenoxy) is 1. The fourth-order valence-electron chi connectivity index (χ4n) is 2.07. The van der Waals surface area contributed by atoms with E-state index in [4.69, 9.17) is 27.9 Å². The van der Waals surface area contributed by atoms with Gasteiger partial charge in [-0.25, -0.2) is 14.1 Å². The summed E-state index contributed by atoms with van der Waals surface area (Å²) >= 11 is 11.9. The molecular formula is C16H12Cl2FN3O2. The first-order chi connectivity index (χ1) is 11.5. The first kappa shape index (κ1) is 16.7. The molecule has 1 aromatic heterocycles. The molecule has 8 heteroatoms. The molecule has 0 spiro atoms. The number of hydrogen-bond donors (Lipinski definition) is 1. The normalized spacial score (nSPS) is 13.5. The van der Waals surface area contributed by atoms with Gasteiger partial charge in [0.15, 0.2) is 0 Å². The summed E-state index contributed by atoms with van der Waals surface area (Å²) in [6.07, 6.45) is -0.704. The van der Waals surface area contributed by atoms with Crippen LogP contribution in [0.15, 0.2) is 55.1 Å². The Balaban J connectivity index is 1.73. The number of aliphatic hydroxyl groups excluding tert-OH is 1. The van der Waals surface area contributed by atoms with E-state index < -0.39 is 12.4 Å². The molecule has 2 unspecified atom stereocenters. The van der Waals surface area contributed by atoms with Gasteiger partial charge in [0, 0.05) is 5.02 Å². The number of aliphatic hydroxyl groups is 1. The summed E-state index contributed by atoms with van der Waals surface area (Å²) in [5.41, 5.74) is 0.382. The van der Waals surface area contributed by atoms with Gasteiger partial charge in [-0.1, -0.05) is 35.3 Å². The molecule has 0 bridgehead atoms. The van der Waals surface area contributed by atoms with Crippen molar-refractivity contribution in [3.05, 3.63) is 70.7 Å². The van der Waals surface area contributed by atoms with Crippen molar-refractivity contribution in [2.75, 3.05) is 0 Å². The Kier molecular flexibility index (Phi) is 4.99. The molecule has 0 fully saturated rings. The molecule has 0 aliphatic heterocycles. The SMILES string of the molecule is OC(c1ccc(Oc2ccc(Cl)cc2Cl)cc1)C(F)n1cncn1. The van der Waals surface area contributed by atoms with Crippen molar-refractivity contribution >= 4 is 23.2 Å². The van der Waals surface area contributed by atoms with Crippen LogP contribution in [0.3, 0.4) is 0 Å². The Morgan fingerprint density at radius 1 is 1.12 bits per heavy atom. The molecule has 0 radical (unpaired) electrons. The van der Waals surface area contributed by atoms with Gasteiger partial charge >= 0.3 is 0 Å². The van der Waals surface area contributed by atoms with E-state index in [9.17, 15) is 9.50 Å². The number of alkyl halides is 1. The van der Waals surface area contributed by atoms with Crippen LogP contribution >= 0.6 is 23.2 Å². The molecule has 1 N–H and O–H groups in total. The van der Waals surface area contributed by atoms with E-state index in [2.05, 4.69) is 10.1 Å². The molecule has 0 saturated heterocycles. The molecule has 0 aliphatic carbocycles. The van der Waals surface area contributed by atoms with Gasteiger partial charge in [-0.2, -0.15) is 5.10 Å². The van der Waals surface area contributed by atoms with Crippen molar-refractivity contribution in [1.29, 1.82) is 0 Å². The van der Waals surface area contributed by atoms with E-state index in [1.165, 1.54) is 12.7 Å². The van der Waals surface area contributed by atoms with E-state index in [-0.39, 0.29) is 0 Å². The van der Waals surface area contributed by atoms with Crippen LogP contribution in [0.5, 0.6) is 11.5 Å². The third kappa shape index (κ3) is 3.67. The van der Waals surface area contributed by atoms with Gasteiger partial charge < -0.3 is 9.84 Å². The standard InChI is InChI=1S/C16H12Cl2FN3O2/c17-11-3-6-14(13(18)7-11)24-12-4-1-10(2-5-12)15(23)16(19)22-9-20-8-21-22/h1-9,15-16,23H. The third-order valence-corrected chi connectivity index (χ3v) is 3.82. The van der Waals surface area contributed by atoms with Gasteiger partial charge in [0.25, 0.3) is 0 Å². The van der Waals surface area contributed by atoms with Gasteiger partial charge in [0.1, 0.15) is 30.3 Å². The molecule has 0 amide bonds. The van der Waals surface area contributed by atoms with Crippen LogP contribution in [0.1, 0.15) is 18.0 Å².